The van der Waals surface area contributed by atoms with Crippen LogP contribution < -0.4 is 4.43 Å². The van der Waals surface area contributed by atoms with Crippen LogP contribution in [0.1, 0.15) is 31.1 Å². The van der Waals surface area contributed by atoms with Crippen LogP contribution in [-0.2, 0) is 0 Å². The predicted molar refractivity (Wildman–Crippen MR) is 76.3 cm³/mol. The first kappa shape index (κ1) is 15.4. The predicted octanol–water partition coefficient (Wildman–Crippen LogP) is 3.79. The summed E-state index contributed by atoms with van der Waals surface area (Å²) in [4.78, 5) is 21.6. The first-order valence-electron chi connectivity index (χ1n) is 6.02. The normalized spacial score (nSPS) is 12.1. The lowest BCUT2D eigenvalue weighted by Crippen LogP contribution is -2.44. The average molecular weight is 281 g/mol. The van der Waals surface area contributed by atoms with Gasteiger partial charge in [0.05, 0.1) is 10.5 Å². The lowest BCUT2D eigenvalue weighted by molar-refractivity contribution is -0.385. The molecule has 0 fully saturated rings. The summed E-state index contributed by atoms with van der Waals surface area (Å²) in [6.45, 7) is 10.1. The summed E-state index contributed by atoms with van der Waals surface area (Å²) in [5.41, 5.74) is 0.0634. The van der Waals surface area contributed by atoms with Gasteiger partial charge in [-0.15, -0.1) is 0 Å². The van der Waals surface area contributed by atoms with Gasteiger partial charge in [0.15, 0.2) is 12.0 Å². The monoisotopic (exact) mass is 281 g/mol. The Labute approximate surface area is 113 Å². The van der Waals surface area contributed by atoms with Crippen molar-refractivity contribution in [2.75, 3.05) is 0 Å². The maximum atomic E-state index is 11.1. The minimum atomic E-state index is -2.23. The lowest BCUT2D eigenvalue weighted by Gasteiger charge is -2.36. The van der Waals surface area contributed by atoms with E-state index in [4.69, 9.17) is 4.43 Å². The van der Waals surface area contributed by atoms with Gasteiger partial charge >= 0.3 is 5.69 Å². The first-order valence-corrected chi connectivity index (χ1v) is 8.92. The summed E-state index contributed by atoms with van der Waals surface area (Å²) in [7, 11) is -2.23. The van der Waals surface area contributed by atoms with Crippen LogP contribution in [0.2, 0.25) is 18.1 Å². The highest BCUT2D eigenvalue weighted by atomic mass is 28.4. The molecular weight excluding hydrogens is 262 g/mol. The summed E-state index contributed by atoms with van der Waals surface area (Å²) >= 11 is 0. The molecule has 5 nitrogen and oxygen atoms in total. The van der Waals surface area contributed by atoms with E-state index in [-0.39, 0.29) is 22.0 Å². The van der Waals surface area contributed by atoms with Crippen LogP contribution in [0.25, 0.3) is 0 Å². The molecule has 0 aliphatic heterocycles. The summed E-state index contributed by atoms with van der Waals surface area (Å²) in [5.74, 6) is 0.0918. The molecule has 0 amide bonds. The maximum absolute atomic E-state index is 11.1. The molecule has 0 aliphatic rings. The van der Waals surface area contributed by atoms with Crippen LogP contribution >= 0.6 is 0 Å². The zero-order valence-corrected chi connectivity index (χ0v) is 12.9. The third-order valence-corrected chi connectivity index (χ3v) is 7.84. The molecule has 0 heterocycles. The fraction of sp³-hybridized carbons (Fsp3) is 0.462. The Hall–Kier alpha value is -1.69. The fourth-order valence-corrected chi connectivity index (χ4v) is 2.34. The first-order chi connectivity index (χ1) is 8.60. The summed E-state index contributed by atoms with van der Waals surface area (Å²) in [6, 6.07) is 4.37. The number of hydrogen-bond acceptors (Lipinski definition) is 4. The van der Waals surface area contributed by atoms with E-state index in [1.165, 1.54) is 18.2 Å². The molecule has 0 atom stereocenters. The van der Waals surface area contributed by atoms with Crippen molar-refractivity contribution in [3.63, 3.8) is 0 Å². The highest BCUT2D eigenvalue weighted by Gasteiger charge is 2.40. The molecule has 0 unspecified atom stereocenters. The Balaban J connectivity index is 3.34. The molecule has 6 heteroatoms. The standard InChI is InChI=1S/C13H19NO4Si/c1-13(2,3)19(4,5)18-12-10(9-15)7-6-8-11(12)14(16)17/h6-9H,1-5H3. The number of nitro benzene ring substituents is 1. The van der Waals surface area contributed by atoms with Crippen LogP contribution in [0.3, 0.4) is 0 Å². The number of hydrogen-bond donors (Lipinski definition) is 0. The third-order valence-electron chi connectivity index (χ3n) is 3.51. The second kappa shape index (κ2) is 5.12. The van der Waals surface area contributed by atoms with Gasteiger partial charge < -0.3 is 4.43 Å². The van der Waals surface area contributed by atoms with Crippen molar-refractivity contribution in [3.05, 3.63) is 33.9 Å². The highest BCUT2D eigenvalue weighted by Crippen LogP contribution is 2.40. The number of para-hydroxylation sites is 1. The van der Waals surface area contributed by atoms with E-state index < -0.39 is 13.2 Å². The highest BCUT2D eigenvalue weighted by molar-refractivity contribution is 6.74. The quantitative estimate of drug-likeness (QED) is 0.364. The van der Waals surface area contributed by atoms with Crippen LogP contribution in [-0.4, -0.2) is 19.5 Å². The van der Waals surface area contributed by atoms with Crippen LogP contribution in [0.15, 0.2) is 18.2 Å². The zero-order chi connectivity index (χ0) is 14.8. The topological polar surface area (TPSA) is 69.4 Å². The van der Waals surface area contributed by atoms with Crippen LogP contribution in [0, 0.1) is 10.1 Å². The number of rotatable bonds is 4. The molecule has 0 aliphatic carbocycles. The van der Waals surface area contributed by atoms with Crippen molar-refractivity contribution in [1.29, 1.82) is 0 Å². The van der Waals surface area contributed by atoms with E-state index in [1.807, 2.05) is 33.9 Å². The molecule has 1 rings (SSSR count). The SMILES string of the molecule is CC(C)(C)[Si](C)(C)Oc1c(C=O)cccc1[N+](=O)[O-]. The van der Waals surface area contributed by atoms with Gasteiger partial charge in [0.25, 0.3) is 8.32 Å². The Morgan fingerprint density at radius 1 is 1.32 bits per heavy atom. The van der Waals surface area contributed by atoms with Gasteiger partial charge in [-0.05, 0) is 24.2 Å². The molecule has 0 aromatic heterocycles. The Kier molecular flexibility index (Phi) is 4.14. The number of nitrogens with zero attached hydrogens (tertiary/aromatic N) is 1. The summed E-state index contributed by atoms with van der Waals surface area (Å²) in [5, 5.41) is 11.0. The summed E-state index contributed by atoms with van der Waals surface area (Å²) < 4.78 is 5.95. The smallest absolute Gasteiger partial charge is 0.310 e. The minimum absolute atomic E-state index is 0.0918. The molecule has 1 aromatic carbocycles. The van der Waals surface area contributed by atoms with E-state index in [9.17, 15) is 14.9 Å². The molecule has 19 heavy (non-hydrogen) atoms. The third kappa shape index (κ3) is 3.20. The minimum Gasteiger partial charge on any atom is -0.538 e. The molecule has 0 saturated carbocycles. The number of benzene rings is 1. The van der Waals surface area contributed by atoms with Crippen molar-refractivity contribution < 1.29 is 14.1 Å². The molecule has 1 aromatic rings. The fourth-order valence-electron chi connectivity index (χ4n) is 1.30. The van der Waals surface area contributed by atoms with Gasteiger partial charge in [0.1, 0.15) is 0 Å². The van der Waals surface area contributed by atoms with Crippen molar-refractivity contribution in [2.45, 2.75) is 38.9 Å². The van der Waals surface area contributed by atoms with Gasteiger partial charge in [-0.2, -0.15) is 0 Å². The zero-order valence-electron chi connectivity index (χ0n) is 11.9. The molecule has 0 radical (unpaired) electrons. The van der Waals surface area contributed by atoms with Crippen molar-refractivity contribution in [1.82, 2.24) is 0 Å². The van der Waals surface area contributed by atoms with E-state index in [2.05, 4.69) is 0 Å². The molecule has 0 N–H and O–H groups in total. The molecular formula is C13H19NO4Si. The van der Waals surface area contributed by atoms with Crippen LogP contribution in [0.5, 0.6) is 5.75 Å². The molecule has 0 spiro atoms. The molecule has 104 valence electrons. The Bertz CT molecular complexity index is 506. The molecule has 0 bridgehead atoms. The van der Waals surface area contributed by atoms with Gasteiger partial charge in [0, 0.05) is 6.07 Å². The van der Waals surface area contributed by atoms with Gasteiger partial charge in [-0.1, -0.05) is 26.8 Å². The maximum Gasteiger partial charge on any atom is 0.310 e. The Morgan fingerprint density at radius 2 is 1.89 bits per heavy atom. The van der Waals surface area contributed by atoms with Crippen LogP contribution in [0.4, 0.5) is 5.69 Å². The number of aldehydes is 1. The second-order valence-corrected chi connectivity index (χ2v) is 10.7. The molecule has 0 saturated heterocycles. The number of carbonyl (C=O) groups excluding carboxylic acids is 1. The average Bonchev–Trinajstić information content (AvgIpc) is 2.26. The van der Waals surface area contributed by atoms with Gasteiger partial charge in [-0.3, -0.25) is 14.9 Å². The van der Waals surface area contributed by atoms with E-state index in [1.54, 1.807) is 0 Å². The summed E-state index contributed by atoms with van der Waals surface area (Å²) in [6.07, 6.45) is 0.593. The largest absolute Gasteiger partial charge is 0.538 e. The lowest BCUT2D eigenvalue weighted by atomic mass is 10.2. The van der Waals surface area contributed by atoms with E-state index in [0.717, 1.165) is 0 Å². The Morgan fingerprint density at radius 3 is 2.32 bits per heavy atom. The van der Waals surface area contributed by atoms with Crippen molar-refractivity contribution in [2.24, 2.45) is 0 Å². The van der Waals surface area contributed by atoms with Gasteiger partial charge in [0.2, 0.25) is 0 Å². The van der Waals surface area contributed by atoms with Crippen molar-refractivity contribution in [3.8, 4) is 5.75 Å². The second-order valence-electron chi connectivity index (χ2n) is 5.93. The number of carbonyl (C=O) groups is 1. The van der Waals surface area contributed by atoms with E-state index >= 15 is 0 Å². The van der Waals surface area contributed by atoms with E-state index in [0.29, 0.717) is 6.29 Å². The van der Waals surface area contributed by atoms with Crippen molar-refractivity contribution >= 4 is 20.3 Å². The number of nitro groups is 1. The van der Waals surface area contributed by atoms with Gasteiger partial charge in [-0.25, -0.2) is 0 Å².